The van der Waals surface area contributed by atoms with Gasteiger partial charge in [-0.2, -0.15) is 0 Å². The summed E-state index contributed by atoms with van der Waals surface area (Å²) in [6.45, 7) is 0. The molecular formula is C20H16BrN3O4S2. The zero-order valence-electron chi connectivity index (χ0n) is 15.7. The smallest absolute Gasteiger partial charge is 0.269 e. The first-order valence-corrected chi connectivity index (χ1v) is 12.8. The van der Waals surface area contributed by atoms with Gasteiger partial charge in [-0.05, 0) is 57.9 Å². The van der Waals surface area contributed by atoms with Crippen molar-refractivity contribution in [1.29, 1.82) is 0 Å². The van der Waals surface area contributed by atoms with Crippen LogP contribution in [0.4, 0.5) is 5.69 Å². The summed E-state index contributed by atoms with van der Waals surface area (Å²) in [6.07, 6.45) is 2.60. The Hall–Kier alpha value is -2.69. The van der Waals surface area contributed by atoms with Gasteiger partial charge in [0.05, 0.1) is 16.8 Å². The molecule has 0 aliphatic heterocycles. The first-order valence-electron chi connectivity index (χ1n) is 8.72. The van der Waals surface area contributed by atoms with Crippen LogP contribution < -0.4 is 4.72 Å². The number of aromatic nitrogens is 2. The number of hydrogen-bond donors (Lipinski definition) is 1. The number of halogens is 1. The molecule has 0 fully saturated rings. The molecule has 7 nitrogen and oxygen atoms in total. The van der Waals surface area contributed by atoms with Crippen LogP contribution in [0.2, 0.25) is 0 Å². The van der Waals surface area contributed by atoms with Gasteiger partial charge in [0.1, 0.15) is 0 Å². The highest BCUT2D eigenvalue weighted by atomic mass is 79.9. The van der Waals surface area contributed by atoms with E-state index in [4.69, 9.17) is 0 Å². The molecule has 10 heteroatoms. The molecule has 2 aromatic carbocycles. The standard InChI is InChI=1S/C20H16BrN3O4S2/c1-29(25,26)23-15-9-7-14(8-10-15)19-13-17-18(21)11-12-22-20(17)24(19)30(27,28)16-5-3-2-4-6-16/h2-13,23H,1H3. The van der Waals surface area contributed by atoms with Crippen molar-refractivity contribution in [2.45, 2.75) is 4.90 Å². The fraction of sp³-hybridized carbons (Fsp3) is 0.0500. The number of pyridine rings is 1. The lowest BCUT2D eigenvalue weighted by Gasteiger charge is -2.12. The third-order valence-electron chi connectivity index (χ3n) is 4.37. The van der Waals surface area contributed by atoms with Crippen molar-refractivity contribution in [3.8, 4) is 11.3 Å². The highest BCUT2D eigenvalue weighted by molar-refractivity contribution is 9.10. The van der Waals surface area contributed by atoms with E-state index >= 15 is 0 Å². The fourth-order valence-corrected chi connectivity index (χ4v) is 5.59. The molecule has 2 heterocycles. The van der Waals surface area contributed by atoms with E-state index in [-0.39, 0.29) is 4.90 Å². The lowest BCUT2D eigenvalue weighted by molar-refractivity contribution is 0.589. The maximum atomic E-state index is 13.5. The molecule has 2 aromatic heterocycles. The first-order chi connectivity index (χ1) is 14.2. The molecule has 0 aliphatic carbocycles. The second-order valence-corrected chi connectivity index (χ2v) is 11.0. The van der Waals surface area contributed by atoms with Gasteiger partial charge in [-0.1, -0.05) is 30.3 Å². The number of hydrogen-bond acceptors (Lipinski definition) is 5. The van der Waals surface area contributed by atoms with E-state index in [1.165, 1.54) is 22.3 Å². The van der Waals surface area contributed by atoms with Crippen LogP contribution >= 0.6 is 15.9 Å². The molecule has 154 valence electrons. The number of rotatable bonds is 5. The molecule has 1 N–H and O–H groups in total. The van der Waals surface area contributed by atoms with E-state index in [0.717, 1.165) is 6.26 Å². The summed E-state index contributed by atoms with van der Waals surface area (Å²) in [5.74, 6) is 0. The molecule has 0 radical (unpaired) electrons. The number of benzene rings is 2. The quantitative estimate of drug-likeness (QED) is 0.440. The molecule has 30 heavy (non-hydrogen) atoms. The van der Waals surface area contributed by atoms with Gasteiger partial charge in [0.25, 0.3) is 10.0 Å². The Balaban J connectivity index is 1.95. The molecule has 0 unspecified atom stereocenters. The topological polar surface area (TPSA) is 98.1 Å². The van der Waals surface area contributed by atoms with Gasteiger partial charge in [0.15, 0.2) is 5.65 Å². The zero-order valence-corrected chi connectivity index (χ0v) is 18.9. The van der Waals surface area contributed by atoms with Crippen molar-refractivity contribution >= 4 is 52.7 Å². The maximum Gasteiger partial charge on any atom is 0.269 e. The first kappa shape index (κ1) is 20.6. The highest BCUT2D eigenvalue weighted by Gasteiger charge is 2.25. The minimum atomic E-state index is -3.93. The van der Waals surface area contributed by atoms with Gasteiger partial charge in [-0.15, -0.1) is 0 Å². The number of fused-ring (bicyclic) bond motifs is 1. The van der Waals surface area contributed by atoms with Crippen molar-refractivity contribution in [3.63, 3.8) is 0 Å². The second kappa shape index (κ2) is 7.53. The van der Waals surface area contributed by atoms with Gasteiger partial charge in [0.2, 0.25) is 10.0 Å². The summed E-state index contributed by atoms with van der Waals surface area (Å²) in [7, 11) is -7.35. The Kier molecular flexibility index (Phi) is 5.16. The maximum absolute atomic E-state index is 13.5. The average molecular weight is 506 g/mol. The lowest BCUT2D eigenvalue weighted by Crippen LogP contribution is -2.14. The van der Waals surface area contributed by atoms with Crippen LogP contribution in [0.25, 0.3) is 22.3 Å². The number of sulfonamides is 1. The molecule has 0 atom stereocenters. The van der Waals surface area contributed by atoms with Crippen molar-refractivity contribution < 1.29 is 16.8 Å². The Morgan fingerprint density at radius 1 is 0.933 bits per heavy atom. The van der Waals surface area contributed by atoms with Crippen LogP contribution in [0.1, 0.15) is 0 Å². The van der Waals surface area contributed by atoms with Gasteiger partial charge in [-0.3, -0.25) is 4.72 Å². The number of nitrogens with zero attached hydrogens (tertiary/aromatic N) is 2. The predicted molar refractivity (Wildman–Crippen MR) is 120 cm³/mol. The third-order valence-corrected chi connectivity index (χ3v) is 7.39. The van der Waals surface area contributed by atoms with E-state index < -0.39 is 20.0 Å². The van der Waals surface area contributed by atoms with Crippen LogP contribution in [0.5, 0.6) is 0 Å². The fourth-order valence-electron chi connectivity index (χ4n) is 3.11. The Bertz CT molecular complexity index is 1450. The summed E-state index contributed by atoms with van der Waals surface area (Å²) in [5, 5.41) is 0.644. The largest absolute Gasteiger partial charge is 0.284 e. The van der Waals surface area contributed by atoms with E-state index in [1.807, 2.05) is 0 Å². The van der Waals surface area contributed by atoms with Crippen LogP contribution in [0, 0.1) is 0 Å². The Morgan fingerprint density at radius 2 is 1.60 bits per heavy atom. The van der Waals surface area contributed by atoms with Gasteiger partial charge < -0.3 is 0 Å². The second-order valence-electron chi connectivity index (χ2n) is 6.59. The van der Waals surface area contributed by atoms with Crippen LogP contribution in [0.15, 0.2) is 82.3 Å². The van der Waals surface area contributed by atoms with Crippen LogP contribution in [-0.2, 0) is 20.0 Å². The van der Waals surface area contributed by atoms with Crippen LogP contribution in [-0.4, -0.2) is 32.0 Å². The summed E-state index contributed by atoms with van der Waals surface area (Å²) in [5.41, 5.74) is 1.69. The van der Waals surface area contributed by atoms with E-state index in [9.17, 15) is 16.8 Å². The SMILES string of the molecule is CS(=O)(=O)Nc1ccc(-c2cc3c(Br)ccnc3n2S(=O)(=O)c2ccccc2)cc1. The third kappa shape index (κ3) is 3.85. The van der Waals surface area contributed by atoms with E-state index in [1.54, 1.807) is 54.6 Å². The van der Waals surface area contributed by atoms with Crippen LogP contribution in [0.3, 0.4) is 0 Å². The minimum absolute atomic E-state index is 0.140. The van der Waals surface area contributed by atoms with Gasteiger partial charge in [0, 0.05) is 21.7 Å². The molecule has 0 saturated heterocycles. The molecule has 4 aromatic rings. The summed E-state index contributed by atoms with van der Waals surface area (Å²) < 4.78 is 54.2. The lowest BCUT2D eigenvalue weighted by atomic mass is 10.1. The summed E-state index contributed by atoms with van der Waals surface area (Å²) in [6, 6.07) is 18.1. The van der Waals surface area contributed by atoms with E-state index in [2.05, 4.69) is 25.6 Å². The molecule has 0 aliphatic rings. The van der Waals surface area contributed by atoms with Crippen molar-refractivity contribution in [2.24, 2.45) is 0 Å². The number of anilines is 1. The predicted octanol–water partition coefficient (Wildman–Crippen LogP) is 4.07. The molecular weight excluding hydrogens is 490 g/mol. The summed E-state index contributed by atoms with van der Waals surface area (Å²) >= 11 is 3.46. The van der Waals surface area contributed by atoms with Crippen molar-refractivity contribution in [3.05, 3.63) is 77.4 Å². The minimum Gasteiger partial charge on any atom is -0.284 e. The van der Waals surface area contributed by atoms with E-state index in [0.29, 0.717) is 32.5 Å². The van der Waals surface area contributed by atoms with Crippen molar-refractivity contribution in [2.75, 3.05) is 11.0 Å². The Labute approximate surface area is 182 Å². The monoisotopic (exact) mass is 505 g/mol. The zero-order chi connectivity index (χ0) is 21.5. The molecule has 4 rings (SSSR count). The number of nitrogens with one attached hydrogen (secondary N) is 1. The Morgan fingerprint density at radius 3 is 2.23 bits per heavy atom. The molecule has 0 bridgehead atoms. The average Bonchev–Trinajstić information content (AvgIpc) is 3.10. The molecule has 0 amide bonds. The highest BCUT2D eigenvalue weighted by Crippen LogP contribution is 2.34. The molecule has 0 spiro atoms. The van der Waals surface area contributed by atoms with Crippen molar-refractivity contribution in [1.82, 2.24) is 8.96 Å². The van der Waals surface area contributed by atoms with Gasteiger partial charge in [-0.25, -0.2) is 25.8 Å². The summed E-state index contributed by atoms with van der Waals surface area (Å²) in [4.78, 5) is 4.45. The van der Waals surface area contributed by atoms with Gasteiger partial charge >= 0.3 is 0 Å². The molecule has 0 saturated carbocycles. The normalized spacial score (nSPS) is 12.2.